The van der Waals surface area contributed by atoms with Gasteiger partial charge in [0.25, 0.3) is 5.91 Å². The van der Waals surface area contributed by atoms with Crippen LogP contribution in [0, 0.1) is 0 Å². The number of hydrogen-bond acceptors (Lipinski definition) is 4. The number of carbonyl (C=O) groups is 2. The summed E-state index contributed by atoms with van der Waals surface area (Å²) >= 11 is 0. The molecule has 32 heavy (non-hydrogen) atoms. The van der Waals surface area contributed by atoms with Crippen LogP contribution in [-0.2, 0) is 9.59 Å². The Labute approximate surface area is 186 Å². The minimum Gasteiger partial charge on any atom is -0.503 e. The van der Waals surface area contributed by atoms with Crippen molar-refractivity contribution in [3.63, 3.8) is 0 Å². The highest BCUT2D eigenvalue weighted by molar-refractivity contribution is 6.19. The maximum atomic E-state index is 13.2. The number of ketones is 1. The van der Waals surface area contributed by atoms with Gasteiger partial charge in [-0.3, -0.25) is 14.5 Å². The molecule has 0 unspecified atom stereocenters. The van der Waals surface area contributed by atoms with Crippen LogP contribution in [0.3, 0.4) is 0 Å². The van der Waals surface area contributed by atoms with Crippen molar-refractivity contribution in [2.24, 2.45) is 0 Å². The molecule has 5 nitrogen and oxygen atoms in total. The van der Waals surface area contributed by atoms with E-state index in [-0.39, 0.29) is 5.57 Å². The predicted octanol–water partition coefficient (Wildman–Crippen LogP) is 5.27. The summed E-state index contributed by atoms with van der Waals surface area (Å²) in [5.41, 5.74) is 2.20. The van der Waals surface area contributed by atoms with Crippen molar-refractivity contribution in [2.75, 3.05) is 11.5 Å². The molecule has 1 aliphatic rings. The highest BCUT2D eigenvalue weighted by Gasteiger charge is 2.43. The third kappa shape index (κ3) is 4.18. The summed E-state index contributed by atoms with van der Waals surface area (Å²) in [6, 6.07) is 24.9. The van der Waals surface area contributed by atoms with E-state index in [9.17, 15) is 14.7 Å². The van der Waals surface area contributed by atoms with E-state index in [0.717, 1.165) is 11.1 Å². The molecule has 1 heterocycles. The Morgan fingerprint density at radius 3 is 2.22 bits per heavy atom. The van der Waals surface area contributed by atoms with Crippen molar-refractivity contribution in [3.8, 4) is 5.75 Å². The van der Waals surface area contributed by atoms with Crippen LogP contribution in [0.25, 0.3) is 6.08 Å². The number of aliphatic hydroxyl groups excluding tert-OH is 1. The molecule has 0 saturated carbocycles. The fourth-order valence-electron chi connectivity index (χ4n) is 3.77. The molecule has 4 rings (SSSR count). The second kappa shape index (κ2) is 9.35. The largest absolute Gasteiger partial charge is 0.503 e. The zero-order valence-electron chi connectivity index (χ0n) is 17.6. The van der Waals surface area contributed by atoms with Gasteiger partial charge in [-0.15, -0.1) is 0 Å². The van der Waals surface area contributed by atoms with Gasteiger partial charge in [-0.1, -0.05) is 66.7 Å². The van der Waals surface area contributed by atoms with E-state index < -0.39 is 23.5 Å². The van der Waals surface area contributed by atoms with Crippen molar-refractivity contribution in [2.45, 2.75) is 13.0 Å². The van der Waals surface area contributed by atoms with Gasteiger partial charge in [0.05, 0.1) is 18.2 Å². The lowest BCUT2D eigenvalue weighted by Crippen LogP contribution is -2.30. The molecule has 0 bridgehead atoms. The van der Waals surface area contributed by atoms with E-state index >= 15 is 0 Å². The molecular formula is C27H23NO4. The average Bonchev–Trinajstić information content (AvgIpc) is 3.10. The number of aliphatic hydroxyl groups is 1. The fraction of sp³-hybridized carbons (Fsp3) is 0.111. The summed E-state index contributed by atoms with van der Waals surface area (Å²) in [5.74, 6) is -0.879. The number of carbonyl (C=O) groups excluding carboxylic acids is 2. The van der Waals surface area contributed by atoms with Gasteiger partial charge in [-0.2, -0.15) is 0 Å². The van der Waals surface area contributed by atoms with Crippen LogP contribution >= 0.6 is 0 Å². The quantitative estimate of drug-likeness (QED) is 0.524. The topological polar surface area (TPSA) is 66.8 Å². The van der Waals surface area contributed by atoms with Crippen molar-refractivity contribution < 1.29 is 19.4 Å². The zero-order valence-corrected chi connectivity index (χ0v) is 17.6. The van der Waals surface area contributed by atoms with E-state index in [1.807, 2.05) is 67.6 Å². The summed E-state index contributed by atoms with van der Waals surface area (Å²) in [7, 11) is 0. The molecule has 5 heteroatoms. The molecule has 1 N–H and O–H groups in total. The number of hydrogen-bond donors (Lipinski definition) is 1. The molecule has 0 aromatic heterocycles. The van der Waals surface area contributed by atoms with Crippen LogP contribution in [0.4, 0.5) is 5.69 Å². The molecule has 0 fully saturated rings. The minimum absolute atomic E-state index is 0.0577. The third-order valence-electron chi connectivity index (χ3n) is 5.24. The predicted molar refractivity (Wildman–Crippen MR) is 124 cm³/mol. The monoisotopic (exact) mass is 425 g/mol. The number of nitrogens with zero attached hydrogens (tertiary/aromatic N) is 1. The standard InChI is InChI=1S/C27H23NO4/c1-2-32-22-16-14-21(15-17-22)28-25(20-11-7-4-8-12-20)24(26(30)27(28)31)23(29)18-13-19-9-5-3-6-10-19/h3-18,25,30H,2H2,1H3/b18-13+/t25-/m0/s1. The number of ether oxygens (including phenoxy) is 1. The van der Waals surface area contributed by atoms with E-state index in [2.05, 4.69) is 0 Å². The molecule has 1 aliphatic heterocycles. The van der Waals surface area contributed by atoms with E-state index in [1.165, 1.54) is 11.0 Å². The Hall–Kier alpha value is -4.12. The summed E-state index contributed by atoms with van der Waals surface area (Å²) in [4.78, 5) is 27.7. The Morgan fingerprint density at radius 1 is 0.969 bits per heavy atom. The Kier molecular flexibility index (Phi) is 6.17. The van der Waals surface area contributed by atoms with Gasteiger partial charge < -0.3 is 9.84 Å². The maximum Gasteiger partial charge on any atom is 0.294 e. The van der Waals surface area contributed by atoms with Crippen molar-refractivity contribution >= 4 is 23.5 Å². The van der Waals surface area contributed by atoms with Crippen molar-refractivity contribution in [1.29, 1.82) is 0 Å². The summed E-state index contributed by atoms with van der Waals surface area (Å²) in [6.07, 6.45) is 3.07. The lowest BCUT2D eigenvalue weighted by atomic mass is 9.95. The SMILES string of the molecule is CCOc1ccc(N2C(=O)C(O)=C(C(=O)/C=C/c3ccccc3)[C@@H]2c2ccccc2)cc1. The molecule has 3 aromatic rings. The van der Waals surface area contributed by atoms with Crippen LogP contribution in [0.2, 0.25) is 0 Å². The first kappa shape index (κ1) is 21.1. The molecule has 3 aromatic carbocycles. The first-order chi connectivity index (χ1) is 15.6. The molecule has 1 atom stereocenters. The van der Waals surface area contributed by atoms with Gasteiger partial charge in [0, 0.05) is 5.69 Å². The number of amides is 1. The Balaban J connectivity index is 1.74. The van der Waals surface area contributed by atoms with E-state index in [4.69, 9.17) is 4.74 Å². The van der Waals surface area contributed by atoms with E-state index in [0.29, 0.717) is 18.0 Å². The molecule has 0 aliphatic carbocycles. The second-order valence-corrected chi connectivity index (χ2v) is 7.29. The highest BCUT2D eigenvalue weighted by atomic mass is 16.5. The number of anilines is 1. The number of allylic oxidation sites excluding steroid dienone is 1. The van der Waals surface area contributed by atoms with Crippen LogP contribution in [0.15, 0.2) is 102 Å². The highest BCUT2D eigenvalue weighted by Crippen LogP contribution is 2.41. The fourth-order valence-corrected chi connectivity index (χ4v) is 3.77. The smallest absolute Gasteiger partial charge is 0.294 e. The first-order valence-electron chi connectivity index (χ1n) is 10.4. The molecule has 0 radical (unpaired) electrons. The summed E-state index contributed by atoms with van der Waals surface area (Å²) in [5, 5.41) is 10.7. The lowest BCUT2D eigenvalue weighted by molar-refractivity contribution is -0.117. The van der Waals surface area contributed by atoms with Crippen LogP contribution in [0.5, 0.6) is 5.75 Å². The van der Waals surface area contributed by atoms with Gasteiger partial charge >= 0.3 is 0 Å². The van der Waals surface area contributed by atoms with Gasteiger partial charge in [0.1, 0.15) is 5.75 Å². The average molecular weight is 425 g/mol. The van der Waals surface area contributed by atoms with Gasteiger partial charge in [0.2, 0.25) is 0 Å². The van der Waals surface area contributed by atoms with Gasteiger partial charge in [-0.05, 0) is 48.4 Å². The minimum atomic E-state index is -0.741. The summed E-state index contributed by atoms with van der Waals surface area (Å²) < 4.78 is 5.49. The molecule has 0 saturated heterocycles. The van der Waals surface area contributed by atoms with Gasteiger partial charge in [0.15, 0.2) is 11.5 Å². The van der Waals surface area contributed by atoms with Crippen LogP contribution in [-0.4, -0.2) is 23.4 Å². The second-order valence-electron chi connectivity index (χ2n) is 7.29. The number of benzene rings is 3. The zero-order chi connectivity index (χ0) is 22.5. The van der Waals surface area contributed by atoms with Crippen molar-refractivity contribution in [1.82, 2.24) is 0 Å². The molecule has 1 amide bonds. The van der Waals surface area contributed by atoms with Crippen molar-refractivity contribution in [3.05, 3.63) is 113 Å². The maximum absolute atomic E-state index is 13.2. The normalized spacial score (nSPS) is 16.1. The molecule has 160 valence electrons. The number of rotatable bonds is 7. The van der Waals surface area contributed by atoms with Gasteiger partial charge in [-0.25, -0.2) is 0 Å². The first-order valence-corrected chi connectivity index (χ1v) is 10.4. The lowest BCUT2D eigenvalue weighted by Gasteiger charge is -2.26. The Morgan fingerprint density at radius 2 is 1.59 bits per heavy atom. The summed E-state index contributed by atoms with van der Waals surface area (Å²) in [6.45, 7) is 2.43. The molecular weight excluding hydrogens is 402 g/mol. The van der Waals surface area contributed by atoms with Crippen LogP contribution < -0.4 is 9.64 Å². The van der Waals surface area contributed by atoms with Crippen LogP contribution in [0.1, 0.15) is 24.1 Å². The Bertz CT molecular complexity index is 1170. The third-order valence-corrected chi connectivity index (χ3v) is 5.24. The van der Waals surface area contributed by atoms with E-state index in [1.54, 1.807) is 30.3 Å². The molecule has 0 spiro atoms.